The third-order valence-corrected chi connectivity index (χ3v) is 3.53. The maximum absolute atomic E-state index is 12.6. The highest BCUT2D eigenvalue weighted by atomic mass is 32.2. The third kappa shape index (κ3) is 5.26. The molecule has 0 radical (unpaired) electrons. The molecule has 0 aromatic heterocycles. The topological polar surface area (TPSA) is 82.0 Å². The van der Waals surface area contributed by atoms with Crippen molar-refractivity contribution in [2.75, 3.05) is 10.6 Å². The van der Waals surface area contributed by atoms with Crippen molar-refractivity contribution in [3.63, 3.8) is 0 Å². The smallest absolute Gasteiger partial charge is 0.318 e. The molecule has 0 saturated carbocycles. The van der Waals surface area contributed by atoms with Crippen LogP contribution in [0.2, 0.25) is 0 Å². The number of rotatable bonds is 3. The van der Waals surface area contributed by atoms with Gasteiger partial charge in [-0.15, -0.1) is 0 Å². The number of alkyl halides is 3. The van der Waals surface area contributed by atoms with Crippen molar-refractivity contribution in [2.45, 2.75) is 11.1 Å². The molecule has 2 rings (SSSR count). The Morgan fingerprint density at radius 3 is 2.12 bits per heavy atom. The number of carbonyl (C=O) groups excluding carboxylic acids is 2. The van der Waals surface area contributed by atoms with E-state index in [0.717, 1.165) is 30.0 Å². The number of nitrogens with zero attached hydrogens (tertiary/aromatic N) is 1. The molecule has 2 N–H and O–H groups in total. The first-order valence-corrected chi connectivity index (χ1v) is 7.57. The maximum Gasteiger partial charge on any atom is 0.416 e. The average Bonchev–Trinajstić information content (AvgIpc) is 2.56. The zero-order chi connectivity index (χ0) is 18.4. The summed E-state index contributed by atoms with van der Waals surface area (Å²) in [5.41, 5.74) is -0.765. The second kappa shape index (κ2) is 7.72. The molecule has 0 atom stereocenters. The first-order chi connectivity index (χ1) is 11.8. The highest BCUT2D eigenvalue weighted by Crippen LogP contribution is 2.30. The SMILES string of the molecule is N#CSc1ccc(NC(=O)C(=O)Nc2cccc(C(F)(F)F)c2)cc1. The van der Waals surface area contributed by atoms with Crippen LogP contribution in [0.5, 0.6) is 0 Å². The molecule has 0 bridgehead atoms. The Hall–Kier alpha value is -2.99. The van der Waals surface area contributed by atoms with Crippen LogP contribution in [-0.2, 0) is 15.8 Å². The minimum Gasteiger partial charge on any atom is -0.318 e. The van der Waals surface area contributed by atoms with Crippen molar-refractivity contribution in [2.24, 2.45) is 0 Å². The summed E-state index contributed by atoms with van der Waals surface area (Å²) < 4.78 is 37.9. The fraction of sp³-hybridized carbons (Fsp3) is 0.0625. The minimum absolute atomic E-state index is 0.143. The number of thioether (sulfide) groups is 1. The molecule has 0 unspecified atom stereocenters. The van der Waals surface area contributed by atoms with E-state index in [2.05, 4.69) is 10.6 Å². The fourth-order valence-corrected chi connectivity index (χ4v) is 2.19. The van der Waals surface area contributed by atoms with E-state index in [9.17, 15) is 22.8 Å². The van der Waals surface area contributed by atoms with Gasteiger partial charge in [0.2, 0.25) is 0 Å². The molecule has 0 heterocycles. The highest BCUT2D eigenvalue weighted by molar-refractivity contribution is 8.03. The summed E-state index contributed by atoms with van der Waals surface area (Å²) in [5, 5.41) is 14.8. The number of halogens is 3. The second-order valence-electron chi connectivity index (χ2n) is 4.70. The van der Waals surface area contributed by atoms with E-state index in [1.54, 1.807) is 12.1 Å². The number of nitrogens with one attached hydrogen (secondary N) is 2. The van der Waals surface area contributed by atoms with E-state index in [-0.39, 0.29) is 5.69 Å². The summed E-state index contributed by atoms with van der Waals surface area (Å²) in [4.78, 5) is 24.3. The van der Waals surface area contributed by atoms with Crippen molar-refractivity contribution in [1.82, 2.24) is 0 Å². The lowest BCUT2D eigenvalue weighted by Gasteiger charge is -2.10. The Bertz CT molecular complexity index is 830. The van der Waals surface area contributed by atoms with Crippen LogP contribution in [0, 0.1) is 10.7 Å². The number of amides is 2. The first-order valence-electron chi connectivity index (χ1n) is 6.75. The molecule has 128 valence electrons. The predicted molar refractivity (Wildman–Crippen MR) is 86.6 cm³/mol. The third-order valence-electron chi connectivity index (χ3n) is 2.93. The molecular weight excluding hydrogens is 355 g/mol. The molecule has 2 aromatic rings. The number of hydrogen-bond donors (Lipinski definition) is 2. The molecule has 0 spiro atoms. The van der Waals surface area contributed by atoms with Crippen LogP contribution in [0.1, 0.15) is 5.56 Å². The number of anilines is 2. The number of benzene rings is 2. The van der Waals surface area contributed by atoms with Crippen LogP contribution >= 0.6 is 11.8 Å². The van der Waals surface area contributed by atoms with E-state index in [4.69, 9.17) is 5.26 Å². The molecule has 0 fully saturated rings. The molecular formula is C16H10F3N3O2S. The largest absolute Gasteiger partial charge is 0.416 e. The fourth-order valence-electron chi connectivity index (χ4n) is 1.81. The molecule has 9 heteroatoms. The summed E-state index contributed by atoms with van der Waals surface area (Å²) in [6, 6.07) is 10.1. The normalized spacial score (nSPS) is 10.6. The lowest BCUT2D eigenvalue weighted by Crippen LogP contribution is -2.29. The van der Waals surface area contributed by atoms with Crippen molar-refractivity contribution in [3.8, 4) is 5.40 Å². The highest BCUT2D eigenvalue weighted by Gasteiger charge is 2.30. The van der Waals surface area contributed by atoms with Crippen molar-refractivity contribution in [3.05, 3.63) is 54.1 Å². The van der Waals surface area contributed by atoms with Crippen LogP contribution < -0.4 is 10.6 Å². The van der Waals surface area contributed by atoms with Crippen LogP contribution in [0.3, 0.4) is 0 Å². The van der Waals surface area contributed by atoms with Gasteiger partial charge in [0.15, 0.2) is 0 Å². The quantitative estimate of drug-likeness (QED) is 0.492. The summed E-state index contributed by atoms with van der Waals surface area (Å²) in [6.45, 7) is 0. The van der Waals surface area contributed by atoms with E-state index >= 15 is 0 Å². The zero-order valence-corrected chi connectivity index (χ0v) is 13.2. The van der Waals surface area contributed by atoms with Gasteiger partial charge in [-0.2, -0.15) is 18.4 Å². The average molecular weight is 365 g/mol. The number of carbonyl (C=O) groups is 2. The molecule has 0 aliphatic heterocycles. The summed E-state index contributed by atoms with van der Waals surface area (Å²) in [7, 11) is 0. The summed E-state index contributed by atoms with van der Waals surface area (Å²) >= 11 is 0.936. The molecule has 0 aliphatic carbocycles. The van der Waals surface area contributed by atoms with Crippen LogP contribution in [0.25, 0.3) is 0 Å². The number of nitriles is 1. The molecule has 5 nitrogen and oxygen atoms in total. The Balaban J connectivity index is 2.01. The van der Waals surface area contributed by atoms with Gasteiger partial charge in [-0.25, -0.2) is 0 Å². The van der Waals surface area contributed by atoms with E-state index < -0.39 is 23.6 Å². The Morgan fingerprint density at radius 2 is 1.56 bits per heavy atom. The van der Waals surface area contributed by atoms with Crippen LogP contribution in [0.4, 0.5) is 24.5 Å². The lowest BCUT2D eigenvalue weighted by atomic mass is 10.2. The van der Waals surface area contributed by atoms with Crippen molar-refractivity contribution < 1.29 is 22.8 Å². The summed E-state index contributed by atoms with van der Waals surface area (Å²) in [5.74, 6) is -2.13. The standard InChI is InChI=1S/C16H10F3N3O2S/c17-16(18,19)10-2-1-3-12(8-10)22-15(24)14(23)21-11-4-6-13(7-5-11)25-9-20/h1-8H,(H,21,23)(H,22,24). The summed E-state index contributed by atoms with van der Waals surface area (Å²) in [6.07, 6.45) is -4.55. The van der Waals surface area contributed by atoms with Gasteiger partial charge in [0.1, 0.15) is 5.40 Å². The number of hydrogen-bond acceptors (Lipinski definition) is 4. The first kappa shape index (κ1) is 18.4. The van der Waals surface area contributed by atoms with Gasteiger partial charge in [-0.1, -0.05) is 6.07 Å². The molecule has 2 amide bonds. The van der Waals surface area contributed by atoms with Gasteiger partial charge in [0.25, 0.3) is 0 Å². The molecule has 25 heavy (non-hydrogen) atoms. The Labute approximate surface area is 144 Å². The van der Waals surface area contributed by atoms with Gasteiger partial charge in [-0.3, -0.25) is 9.59 Å². The van der Waals surface area contributed by atoms with Crippen molar-refractivity contribution >= 4 is 35.0 Å². The molecule has 2 aromatic carbocycles. The lowest BCUT2D eigenvalue weighted by molar-refractivity contribution is -0.137. The zero-order valence-electron chi connectivity index (χ0n) is 12.4. The number of thiocyanates is 1. The van der Waals surface area contributed by atoms with Crippen LogP contribution in [0.15, 0.2) is 53.4 Å². The van der Waals surface area contributed by atoms with Gasteiger partial charge in [0, 0.05) is 16.3 Å². The van der Waals surface area contributed by atoms with E-state index in [1.807, 2.05) is 5.40 Å². The Kier molecular flexibility index (Phi) is 5.67. The van der Waals surface area contributed by atoms with Gasteiger partial charge in [0.05, 0.1) is 5.56 Å². The van der Waals surface area contributed by atoms with Gasteiger partial charge in [-0.05, 0) is 54.2 Å². The Morgan fingerprint density at radius 1 is 0.960 bits per heavy atom. The second-order valence-corrected chi connectivity index (χ2v) is 5.56. The monoisotopic (exact) mass is 365 g/mol. The van der Waals surface area contributed by atoms with Crippen molar-refractivity contribution in [1.29, 1.82) is 5.26 Å². The predicted octanol–water partition coefficient (Wildman–Crippen LogP) is 3.86. The molecule has 0 saturated heterocycles. The van der Waals surface area contributed by atoms with E-state index in [1.165, 1.54) is 18.2 Å². The van der Waals surface area contributed by atoms with Gasteiger partial charge < -0.3 is 10.6 Å². The minimum atomic E-state index is -4.55. The van der Waals surface area contributed by atoms with E-state index in [0.29, 0.717) is 10.6 Å². The molecule has 0 aliphatic rings. The van der Waals surface area contributed by atoms with Gasteiger partial charge >= 0.3 is 18.0 Å². The van der Waals surface area contributed by atoms with Crippen LogP contribution in [-0.4, -0.2) is 11.8 Å². The maximum atomic E-state index is 12.6.